The van der Waals surface area contributed by atoms with Gasteiger partial charge in [0.15, 0.2) is 0 Å². The predicted molar refractivity (Wildman–Crippen MR) is 107 cm³/mol. The lowest BCUT2D eigenvalue weighted by Gasteiger charge is -2.32. The second kappa shape index (κ2) is 7.92. The third-order valence-corrected chi connectivity index (χ3v) is 5.26. The number of carbonyl (C=O) groups excluding carboxylic acids is 1. The molecule has 5 nitrogen and oxygen atoms in total. The average molecular weight is 362 g/mol. The lowest BCUT2D eigenvalue weighted by Crippen LogP contribution is -2.41. The van der Waals surface area contributed by atoms with Gasteiger partial charge >= 0.3 is 0 Å². The van der Waals surface area contributed by atoms with Gasteiger partial charge < -0.3 is 9.72 Å². The number of amides is 1. The van der Waals surface area contributed by atoms with Crippen LogP contribution in [0, 0.1) is 6.92 Å². The summed E-state index contributed by atoms with van der Waals surface area (Å²) in [5.41, 5.74) is 4.36. The zero-order valence-electron chi connectivity index (χ0n) is 15.8. The van der Waals surface area contributed by atoms with E-state index in [0.717, 1.165) is 30.9 Å². The van der Waals surface area contributed by atoms with Crippen LogP contribution in [0.4, 0.5) is 0 Å². The maximum Gasteiger partial charge on any atom is 0.234 e. The van der Waals surface area contributed by atoms with Gasteiger partial charge in [-0.3, -0.25) is 9.69 Å². The Morgan fingerprint density at radius 2 is 2.04 bits per heavy atom. The number of rotatable bonds is 5. The summed E-state index contributed by atoms with van der Waals surface area (Å²) in [5, 5.41) is 3.02. The minimum atomic E-state index is 0.0666. The van der Waals surface area contributed by atoms with Gasteiger partial charge in [0.1, 0.15) is 5.65 Å². The Hall–Kier alpha value is -2.66. The van der Waals surface area contributed by atoms with Crippen molar-refractivity contribution in [1.82, 2.24) is 19.6 Å². The van der Waals surface area contributed by atoms with Gasteiger partial charge in [-0.1, -0.05) is 36.4 Å². The maximum atomic E-state index is 12.4. The highest BCUT2D eigenvalue weighted by molar-refractivity contribution is 5.78. The van der Waals surface area contributed by atoms with E-state index in [1.165, 1.54) is 17.5 Å². The topological polar surface area (TPSA) is 49.6 Å². The van der Waals surface area contributed by atoms with Crippen LogP contribution in [0.2, 0.25) is 0 Å². The van der Waals surface area contributed by atoms with Crippen LogP contribution >= 0.6 is 0 Å². The van der Waals surface area contributed by atoms with E-state index in [2.05, 4.69) is 52.5 Å². The van der Waals surface area contributed by atoms with Gasteiger partial charge in [-0.15, -0.1) is 0 Å². The van der Waals surface area contributed by atoms with Crippen LogP contribution < -0.4 is 5.32 Å². The summed E-state index contributed by atoms with van der Waals surface area (Å²) < 4.78 is 2.01. The van der Waals surface area contributed by atoms with E-state index in [1.54, 1.807) is 0 Å². The van der Waals surface area contributed by atoms with E-state index in [4.69, 9.17) is 0 Å². The van der Waals surface area contributed by atoms with Crippen LogP contribution in [0.15, 0.2) is 54.9 Å². The van der Waals surface area contributed by atoms with Crippen molar-refractivity contribution in [2.45, 2.75) is 32.2 Å². The molecule has 0 radical (unpaired) electrons. The van der Waals surface area contributed by atoms with Gasteiger partial charge in [0.2, 0.25) is 5.91 Å². The Kier molecular flexibility index (Phi) is 5.21. The second-order valence-electron chi connectivity index (χ2n) is 7.47. The standard InChI is InChI=1S/C22H26N4O/c1-17-9-10-21-24-20(15-26(21)13-17)12-23-22(27)16-25-11-5-8-19(14-25)18-6-3-2-4-7-18/h2-4,6-7,9-10,13,15,19H,5,8,11-12,14,16H2,1H3,(H,23,27)/t19-/m1/s1. The third-order valence-electron chi connectivity index (χ3n) is 5.26. The maximum absolute atomic E-state index is 12.4. The Balaban J connectivity index is 1.30. The number of aromatic nitrogens is 2. The molecule has 0 saturated carbocycles. The summed E-state index contributed by atoms with van der Waals surface area (Å²) in [5.74, 6) is 0.589. The monoisotopic (exact) mass is 362 g/mol. The van der Waals surface area contributed by atoms with Crippen molar-refractivity contribution in [2.75, 3.05) is 19.6 Å². The first-order valence-electron chi connectivity index (χ1n) is 9.65. The summed E-state index contributed by atoms with van der Waals surface area (Å²) in [6, 6.07) is 14.7. The molecule has 140 valence electrons. The van der Waals surface area contributed by atoms with Gasteiger partial charge in [-0.05, 0) is 49.4 Å². The Bertz CT molecular complexity index is 918. The fourth-order valence-corrected chi connectivity index (χ4v) is 3.89. The molecular weight excluding hydrogens is 336 g/mol. The van der Waals surface area contributed by atoms with Crippen LogP contribution in [0.1, 0.15) is 35.6 Å². The number of aryl methyl sites for hydroxylation is 1. The Labute approximate surface area is 160 Å². The highest BCUT2D eigenvalue weighted by Crippen LogP contribution is 2.26. The number of piperidine rings is 1. The molecule has 1 aromatic carbocycles. The zero-order valence-corrected chi connectivity index (χ0v) is 15.8. The molecule has 0 unspecified atom stereocenters. The second-order valence-corrected chi connectivity index (χ2v) is 7.47. The van der Waals surface area contributed by atoms with Crippen molar-refractivity contribution >= 4 is 11.6 Å². The van der Waals surface area contributed by atoms with Crippen LogP contribution in [0.25, 0.3) is 5.65 Å². The number of nitrogens with zero attached hydrogens (tertiary/aromatic N) is 3. The first kappa shape index (κ1) is 17.7. The van der Waals surface area contributed by atoms with Crippen LogP contribution in [-0.4, -0.2) is 39.8 Å². The Morgan fingerprint density at radius 3 is 2.89 bits per heavy atom. The molecule has 1 N–H and O–H groups in total. The molecule has 1 saturated heterocycles. The van der Waals surface area contributed by atoms with E-state index in [1.807, 2.05) is 28.9 Å². The molecule has 1 amide bonds. The largest absolute Gasteiger partial charge is 0.349 e. The van der Waals surface area contributed by atoms with E-state index < -0.39 is 0 Å². The fourth-order valence-electron chi connectivity index (χ4n) is 3.89. The molecular formula is C22H26N4O. The number of nitrogens with one attached hydrogen (secondary N) is 1. The summed E-state index contributed by atoms with van der Waals surface area (Å²) in [6.07, 6.45) is 6.36. The number of hydrogen-bond donors (Lipinski definition) is 1. The Morgan fingerprint density at radius 1 is 1.19 bits per heavy atom. The summed E-state index contributed by atoms with van der Waals surface area (Å²) in [4.78, 5) is 19.2. The molecule has 3 heterocycles. The smallest absolute Gasteiger partial charge is 0.234 e. The van der Waals surface area contributed by atoms with Crippen molar-refractivity contribution in [3.63, 3.8) is 0 Å². The molecule has 0 bridgehead atoms. The van der Waals surface area contributed by atoms with E-state index >= 15 is 0 Å². The SMILES string of the molecule is Cc1ccc2nc(CNC(=O)CN3CCC[C@@H](c4ccccc4)C3)cn2c1. The van der Waals surface area contributed by atoms with Crippen molar-refractivity contribution < 1.29 is 4.79 Å². The first-order chi connectivity index (χ1) is 13.2. The minimum absolute atomic E-state index is 0.0666. The molecule has 1 atom stereocenters. The molecule has 1 aliphatic heterocycles. The summed E-state index contributed by atoms with van der Waals surface area (Å²) in [7, 11) is 0. The van der Waals surface area contributed by atoms with Crippen LogP contribution in [0.5, 0.6) is 0 Å². The van der Waals surface area contributed by atoms with Crippen LogP contribution in [0.3, 0.4) is 0 Å². The number of benzene rings is 1. The van der Waals surface area contributed by atoms with Crippen molar-refractivity contribution in [1.29, 1.82) is 0 Å². The molecule has 1 fully saturated rings. The van der Waals surface area contributed by atoms with E-state index in [0.29, 0.717) is 19.0 Å². The van der Waals surface area contributed by atoms with E-state index in [-0.39, 0.29) is 5.91 Å². The van der Waals surface area contributed by atoms with Gasteiger partial charge in [-0.25, -0.2) is 4.98 Å². The molecule has 4 rings (SSSR count). The highest BCUT2D eigenvalue weighted by Gasteiger charge is 2.22. The van der Waals surface area contributed by atoms with Gasteiger partial charge in [-0.2, -0.15) is 0 Å². The third kappa shape index (κ3) is 4.37. The van der Waals surface area contributed by atoms with Crippen LogP contribution in [-0.2, 0) is 11.3 Å². The molecule has 5 heteroatoms. The normalized spacial score (nSPS) is 17.9. The number of carbonyl (C=O) groups is 1. The predicted octanol–water partition coefficient (Wildman–Crippen LogP) is 3.14. The molecule has 0 spiro atoms. The van der Waals surface area contributed by atoms with Crippen molar-refractivity contribution in [3.05, 3.63) is 71.7 Å². The molecule has 1 aliphatic rings. The van der Waals surface area contributed by atoms with Crippen molar-refractivity contribution in [2.24, 2.45) is 0 Å². The number of hydrogen-bond acceptors (Lipinski definition) is 3. The van der Waals surface area contributed by atoms with E-state index in [9.17, 15) is 4.79 Å². The average Bonchev–Trinajstić information content (AvgIpc) is 3.09. The summed E-state index contributed by atoms with van der Waals surface area (Å²) in [6.45, 7) is 4.92. The molecule has 27 heavy (non-hydrogen) atoms. The number of likely N-dealkylation sites (tertiary alicyclic amines) is 1. The lowest BCUT2D eigenvalue weighted by molar-refractivity contribution is -0.122. The van der Waals surface area contributed by atoms with Gasteiger partial charge in [0.25, 0.3) is 0 Å². The highest BCUT2D eigenvalue weighted by atomic mass is 16.2. The fraction of sp³-hybridized carbons (Fsp3) is 0.364. The molecule has 3 aromatic rings. The van der Waals surface area contributed by atoms with Gasteiger partial charge in [0.05, 0.1) is 18.8 Å². The number of imidazole rings is 1. The first-order valence-corrected chi connectivity index (χ1v) is 9.65. The quantitative estimate of drug-likeness (QED) is 0.759. The lowest BCUT2D eigenvalue weighted by atomic mass is 9.91. The summed E-state index contributed by atoms with van der Waals surface area (Å²) >= 11 is 0. The molecule has 0 aliphatic carbocycles. The number of fused-ring (bicyclic) bond motifs is 1. The number of pyridine rings is 1. The van der Waals surface area contributed by atoms with Crippen molar-refractivity contribution in [3.8, 4) is 0 Å². The molecule has 2 aromatic heterocycles. The minimum Gasteiger partial charge on any atom is -0.349 e. The van der Waals surface area contributed by atoms with Gasteiger partial charge in [0, 0.05) is 18.9 Å². The zero-order chi connectivity index (χ0) is 18.6.